The molecule has 7 nitrogen and oxygen atoms in total. The summed E-state index contributed by atoms with van der Waals surface area (Å²) in [5.41, 5.74) is 5.37. The van der Waals surface area contributed by atoms with Gasteiger partial charge in [0.25, 0.3) is 0 Å². The van der Waals surface area contributed by atoms with Crippen molar-refractivity contribution in [3.8, 4) is 0 Å². The molecule has 2 heterocycles. The molecule has 2 rings (SSSR count). The second-order valence-electron chi connectivity index (χ2n) is 5.37. The molecule has 0 aromatic carbocycles. The van der Waals surface area contributed by atoms with E-state index in [1.54, 1.807) is 4.90 Å². The van der Waals surface area contributed by atoms with E-state index in [1.165, 1.54) is 0 Å². The molecule has 0 radical (unpaired) electrons. The lowest BCUT2D eigenvalue weighted by atomic mass is 9.97. The first-order valence-electron chi connectivity index (χ1n) is 7.31. The van der Waals surface area contributed by atoms with Gasteiger partial charge in [-0.05, 0) is 19.3 Å². The number of carbonyl (C=O) groups excluding carboxylic acids is 2. The molecule has 114 valence electrons. The van der Waals surface area contributed by atoms with E-state index in [0.29, 0.717) is 39.4 Å². The number of piperidine rings is 1. The van der Waals surface area contributed by atoms with Crippen LogP contribution >= 0.6 is 0 Å². The zero-order chi connectivity index (χ0) is 14.4. The van der Waals surface area contributed by atoms with Gasteiger partial charge in [0.15, 0.2) is 0 Å². The van der Waals surface area contributed by atoms with Crippen molar-refractivity contribution in [3.63, 3.8) is 0 Å². The van der Waals surface area contributed by atoms with Gasteiger partial charge < -0.3 is 26.0 Å². The van der Waals surface area contributed by atoms with Gasteiger partial charge in [-0.3, -0.25) is 4.79 Å². The molecule has 20 heavy (non-hydrogen) atoms. The summed E-state index contributed by atoms with van der Waals surface area (Å²) in [6.45, 7) is 3.40. The largest absolute Gasteiger partial charge is 0.379 e. The van der Waals surface area contributed by atoms with E-state index in [0.717, 1.165) is 19.3 Å². The molecule has 2 aliphatic heterocycles. The molecule has 0 spiro atoms. The van der Waals surface area contributed by atoms with E-state index in [9.17, 15) is 9.59 Å². The van der Waals surface area contributed by atoms with E-state index in [-0.39, 0.29) is 23.9 Å². The van der Waals surface area contributed by atoms with E-state index in [2.05, 4.69) is 10.6 Å². The summed E-state index contributed by atoms with van der Waals surface area (Å²) in [6.07, 6.45) is 2.54. The fourth-order valence-electron chi connectivity index (χ4n) is 2.63. The Balaban J connectivity index is 1.79. The molecule has 2 aliphatic rings. The van der Waals surface area contributed by atoms with Crippen molar-refractivity contribution in [1.29, 1.82) is 0 Å². The van der Waals surface area contributed by atoms with Crippen LogP contribution in [0.4, 0.5) is 4.79 Å². The first kappa shape index (κ1) is 15.1. The number of hydrogen-bond donors (Lipinski definition) is 3. The maximum absolute atomic E-state index is 12.1. The maximum atomic E-state index is 12.1. The molecular formula is C13H24N4O3. The van der Waals surface area contributed by atoms with Crippen LogP contribution in [0.3, 0.4) is 0 Å². The number of nitrogens with one attached hydrogen (secondary N) is 2. The first-order valence-corrected chi connectivity index (χ1v) is 7.31. The number of nitrogens with zero attached hydrogens (tertiary/aromatic N) is 1. The van der Waals surface area contributed by atoms with Crippen molar-refractivity contribution in [2.75, 3.05) is 39.4 Å². The Hall–Kier alpha value is -1.34. The highest BCUT2D eigenvalue weighted by molar-refractivity contribution is 5.80. The third kappa shape index (κ3) is 4.08. The predicted molar refractivity (Wildman–Crippen MR) is 74.1 cm³/mol. The lowest BCUT2D eigenvalue weighted by Crippen LogP contribution is -2.51. The van der Waals surface area contributed by atoms with Crippen molar-refractivity contribution >= 4 is 11.9 Å². The maximum Gasteiger partial charge on any atom is 0.317 e. The lowest BCUT2D eigenvalue weighted by molar-refractivity contribution is -0.126. The Labute approximate surface area is 119 Å². The van der Waals surface area contributed by atoms with Gasteiger partial charge in [0, 0.05) is 32.8 Å². The molecular weight excluding hydrogens is 260 g/mol. The quantitative estimate of drug-likeness (QED) is 0.634. The summed E-state index contributed by atoms with van der Waals surface area (Å²) in [5.74, 6) is -0.127. The minimum Gasteiger partial charge on any atom is -0.379 e. The number of rotatable bonds is 4. The van der Waals surface area contributed by atoms with Crippen LogP contribution in [0.15, 0.2) is 0 Å². The van der Waals surface area contributed by atoms with Crippen LogP contribution in [-0.2, 0) is 9.53 Å². The molecule has 2 saturated heterocycles. The third-order valence-electron chi connectivity index (χ3n) is 3.78. The molecule has 0 saturated carbocycles. The SMILES string of the molecule is NCCNC(=O)C1CCCN(C(=O)NC2CCOC2)C1. The van der Waals surface area contributed by atoms with E-state index >= 15 is 0 Å². The summed E-state index contributed by atoms with van der Waals surface area (Å²) < 4.78 is 5.24. The van der Waals surface area contributed by atoms with Gasteiger partial charge in [0.1, 0.15) is 0 Å². The number of carbonyl (C=O) groups is 2. The first-order chi connectivity index (χ1) is 9.70. The summed E-state index contributed by atoms with van der Waals surface area (Å²) in [7, 11) is 0. The van der Waals surface area contributed by atoms with E-state index in [1.807, 2.05) is 0 Å². The second-order valence-corrected chi connectivity index (χ2v) is 5.37. The van der Waals surface area contributed by atoms with Crippen molar-refractivity contribution in [1.82, 2.24) is 15.5 Å². The van der Waals surface area contributed by atoms with Gasteiger partial charge in [0.2, 0.25) is 5.91 Å². The van der Waals surface area contributed by atoms with Crippen LogP contribution in [0.2, 0.25) is 0 Å². The Morgan fingerprint density at radius 1 is 1.35 bits per heavy atom. The van der Waals surface area contributed by atoms with Crippen LogP contribution in [0.25, 0.3) is 0 Å². The molecule has 2 fully saturated rings. The number of nitrogens with two attached hydrogens (primary N) is 1. The molecule has 0 aromatic rings. The number of urea groups is 1. The Kier molecular flexibility index (Phi) is 5.60. The average molecular weight is 284 g/mol. The Morgan fingerprint density at radius 3 is 2.90 bits per heavy atom. The Bertz CT molecular complexity index is 345. The number of likely N-dealkylation sites (tertiary alicyclic amines) is 1. The van der Waals surface area contributed by atoms with E-state index in [4.69, 9.17) is 10.5 Å². The molecule has 3 amide bonds. The predicted octanol–water partition coefficient (Wildman–Crippen LogP) is -0.728. The van der Waals surface area contributed by atoms with Gasteiger partial charge in [-0.2, -0.15) is 0 Å². The third-order valence-corrected chi connectivity index (χ3v) is 3.78. The molecule has 2 unspecified atom stereocenters. The monoisotopic (exact) mass is 284 g/mol. The van der Waals surface area contributed by atoms with Crippen LogP contribution < -0.4 is 16.4 Å². The molecule has 0 bridgehead atoms. The summed E-state index contributed by atoms with van der Waals surface area (Å²) in [5, 5.41) is 5.75. The zero-order valence-corrected chi connectivity index (χ0v) is 11.8. The highest BCUT2D eigenvalue weighted by atomic mass is 16.5. The van der Waals surface area contributed by atoms with Crippen molar-refractivity contribution in [2.45, 2.75) is 25.3 Å². The van der Waals surface area contributed by atoms with Crippen LogP contribution in [0.5, 0.6) is 0 Å². The zero-order valence-electron chi connectivity index (χ0n) is 11.8. The minimum absolute atomic E-state index is 0.00264. The number of amides is 3. The normalized spacial score (nSPS) is 26.4. The van der Waals surface area contributed by atoms with Gasteiger partial charge in [-0.15, -0.1) is 0 Å². The fourth-order valence-corrected chi connectivity index (χ4v) is 2.63. The lowest BCUT2D eigenvalue weighted by Gasteiger charge is -2.32. The van der Waals surface area contributed by atoms with Crippen LogP contribution in [0.1, 0.15) is 19.3 Å². The van der Waals surface area contributed by atoms with Gasteiger partial charge in [-0.25, -0.2) is 4.79 Å². The summed E-state index contributed by atoms with van der Waals surface area (Å²) >= 11 is 0. The summed E-state index contributed by atoms with van der Waals surface area (Å²) in [4.78, 5) is 25.8. The fraction of sp³-hybridized carbons (Fsp3) is 0.846. The number of ether oxygens (including phenoxy) is 1. The highest BCUT2D eigenvalue weighted by Crippen LogP contribution is 2.17. The summed E-state index contributed by atoms with van der Waals surface area (Å²) in [6, 6.07) is 0.0192. The second kappa shape index (κ2) is 7.44. The van der Waals surface area contributed by atoms with E-state index < -0.39 is 0 Å². The highest BCUT2D eigenvalue weighted by Gasteiger charge is 2.29. The van der Waals surface area contributed by atoms with Gasteiger partial charge in [0.05, 0.1) is 18.6 Å². The van der Waals surface area contributed by atoms with Crippen molar-refractivity contribution in [2.24, 2.45) is 11.7 Å². The molecule has 2 atom stereocenters. The number of hydrogen-bond acceptors (Lipinski definition) is 4. The topological polar surface area (TPSA) is 96.7 Å². The standard InChI is InChI=1S/C13H24N4O3/c14-4-5-15-12(18)10-2-1-6-17(8-10)13(19)16-11-3-7-20-9-11/h10-11H,1-9,14H2,(H,15,18)(H,16,19). The molecule has 4 N–H and O–H groups in total. The molecule has 0 aliphatic carbocycles. The molecule has 0 aromatic heterocycles. The van der Waals surface area contributed by atoms with Crippen molar-refractivity contribution in [3.05, 3.63) is 0 Å². The molecule has 7 heteroatoms. The van der Waals surface area contributed by atoms with Crippen LogP contribution in [0, 0.1) is 5.92 Å². The Morgan fingerprint density at radius 2 is 2.20 bits per heavy atom. The minimum atomic E-state index is -0.124. The van der Waals surface area contributed by atoms with Gasteiger partial charge >= 0.3 is 6.03 Å². The average Bonchev–Trinajstić information content (AvgIpc) is 2.97. The van der Waals surface area contributed by atoms with Crippen LogP contribution in [-0.4, -0.2) is 62.3 Å². The van der Waals surface area contributed by atoms with Gasteiger partial charge in [-0.1, -0.05) is 0 Å². The smallest absolute Gasteiger partial charge is 0.317 e. The van der Waals surface area contributed by atoms with Crippen molar-refractivity contribution < 1.29 is 14.3 Å².